The van der Waals surface area contributed by atoms with E-state index in [0.29, 0.717) is 6.42 Å². The molecule has 2 unspecified atom stereocenters. The van der Waals surface area contributed by atoms with Gasteiger partial charge in [-0.3, -0.25) is 4.79 Å². The van der Waals surface area contributed by atoms with E-state index < -0.39 is 42.0 Å². The molecule has 2 rings (SSSR count). The van der Waals surface area contributed by atoms with Gasteiger partial charge in [0, 0.05) is 7.11 Å². The zero-order valence-corrected chi connectivity index (χ0v) is 21.9. The Kier molecular flexibility index (Phi) is 9.57. The minimum Gasteiger partial charge on any atom is -0.444 e. The lowest BCUT2D eigenvalue weighted by Crippen LogP contribution is -2.56. The lowest BCUT2D eigenvalue weighted by Gasteiger charge is -2.32. The Bertz CT molecular complexity index is 793. The fourth-order valence-corrected chi connectivity index (χ4v) is 3.58. The van der Waals surface area contributed by atoms with Gasteiger partial charge in [-0.05, 0) is 73.3 Å². The maximum absolute atomic E-state index is 13.2. The van der Waals surface area contributed by atoms with Gasteiger partial charge < -0.3 is 29.4 Å². The number of hydrogen-bond acceptors (Lipinski definition) is 6. The van der Waals surface area contributed by atoms with Crippen LogP contribution in [0.1, 0.15) is 66.9 Å². The van der Waals surface area contributed by atoms with Crippen LogP contribution in [0.3, 0.4) is 0 Å². The van der Waals surface area contributed by atoms with Crippen molar-refractivity contribution >= 4 is 19.1 Å². The molecule has 1 aromatic carbocycles. The first-order chi connectivity index (χ1) is 15.7. The Labute approximate surface area is 204 Å². The molecule has 0 saturated carbocycles. The Morgan fingerprint density at radius 3 is 2.15 bits per heavy atom. The summed E-state index contributed by atoms with van der Waals surface area (Å²) in [5, 5.41) is 5.64. The van der Waals surface area contributed by atoms with Crippen LogP contribution in [0.4, 0.5) is 4.79 Å². The molecule has 0 aliphatic carbocycles. The maximum Gasteiger partial charge on any atom is 0.481 e. The highest BCUT2D eigenvalue weighted by molar-refractivity contribution is 6.48. The summed E-state index contributed by atoms with van der Waals surface area (Å²) in [6.07, 6.45) is 1.66. The second kappa shape index (κ2) is 11.6. The summed E-state index contributed by atoms with van der Waals surface area (Å²) in [5.41, 5.74) is -0.507. The summed E-state index contributed by atoms with van der Waals surface area (Å²) >= 11 is 0. The van der Waals surface area contributed by atoms with Crippen LogP contribution in [0.2, 0.25) is 0 Å². The molecule has 9 heteroatoms. The average Bonchev–Trinajstić information content (AvgIpc) is 2.93. The molecule has 1 heterocycles. The van der Waals surface area contributed by atoms with Gasteiger partial charge in [-0.25, -0.2) is 4.79 Å². The summed E-state index contributed by atoms with van der Waals surface area (Å²) < 4.78 is 23.0. The van der Waals surface area contributed by atoms with Crippen LogP contribution >= 0.6 is 0 Å². The number of alkyl carbamates (subject to hydrolysis) is 1. The number of nitrogens with one attached hydrogen (secondary N) is 2. The molecule has 2 amide bonds. The zero-order valence-electron chi connectivity index (χ0n) is 21.9. The monoisotopic (exact) mass is 476 g/mol. The number of ether oxygens (including phenoxy) is 2. The van der Waals surface area contributed by atoms with Crippen molar-refractivity contribution in [2.45, 2.75) is 96.5 Å². The number of carbonyl (C=O) groups is 2. The van der Waals surface area contributed by atoms with Crippen molar-refractivity contribution < 1.29 is 28.4 Å². The first-order valence-electron chi connectivity index (χ1n) is 11.9. The van der Waals surface area contributed by atoms with Crippen molar-refractivity contribution in [3.8, 4) is 0 Å². The Balaban J connectivity index is 2.11. The molecule has 0 aromatic heterocycles. The minimum atomic E-state index is -0.918. The minimum absolute atomic E-state index is 0.00514. The second-order valence-corrected chi connectivity index (χ2v) is 10.8. The molecule has 1 aromatic rings. The van der Waals surface area contributed by atoms with Gasteiger partial charge in [0.1, 0.15) is 11.6 Å². The predicted octanol–water partition coefficient (Wildman–Crippen LogP) is 3.67. The van der Waals surface area contributed by atoms with Gasteiger partial charge in [0.25, 0.3) is 0 Å². The molecule has 1 fully saturated rings. The number of benzene rings is 1. The molecule has 0 bridgehead atoms. The molecule has 8 nitrogen and oxygen atoms in total. The summed E-state index contributed by atoms with van der Waals surface area (Å²) in [6.45, 7) is 13.2. The third-order valence-electron chi connectivity index (χ3n) is 6.09. The molecule has 190 valence electrons. The second-order valence-electron chi connectivity index (χ2n) is 10.8. The van der Waals surface area contributed by atoms with E-state index in [1.165, 1.54) is 12.7 Å². The standard InChI is InChI=1S/C25H41BN2O6/c1-23(2,3)32-22(30)27-19(17-31-8)21(29)28-20(16-12-15-18-13-10-9-11-14-18)26-33-24(4,5)25(6,7)34-26/h9-11,13-14,19-20H,12,15-17H2,1-8H3,(H,27,30)(H,28,29). The third kappa shape index (κ3) is 8.29. The average molecular weight is 476 g/mol. The fraction of sp³-hybridized carbons (Fsp3) is 0.680. The van der Waals surface area contributed by atoms with Crippen LogP contribution in [0.25, 0.3) is 0 Å². The van der Waals surface area contributed by atoms with Crippen LogP contribution in [0.15, 0.2) is 30.3 Å². The Morgan fingerprint density at radius 2 is 1.62 bits per heavy atom. The van der Waals surface area contributed by atoms with Gasteiger partial charge in [0.15, 0.2) is 0 Å². The molecule has 1 aliphatic heterocycles. The predicted molar refractivity (Wildman–Crippen MR) is 132 cm³/mol. The lowest BCUT2D eigenvalue weighted by molar-refractivity contribution is -0.124. The summed E-state index contributed by atoms with van der Waals surface area (Å²) in [4.78, 5) is 25.5. The van der Waals surface area contributed by atoms with Crippen LogP contribution in [0, 0.1) is 0 Å². The number of hydrogen-bond donors (Lipinski definition) is 2. The van der Waals surface area contributed by atoms with E-state index >= 15 is 0 Å². The van der Waals surface area contributed by atoms with Gasteiger partial charge in [0.2, 0.25) is 5.91 Å². The van der Waals surface area contributed by atoms with E-state index in [2.05, 4.69) is 22.8 Å². The number of rotatable bonds is 10. The lowest BCUT2D eigenvalue weighted by atomic mass is 9.75. The smallest absolute Gasteiger partial charge is 0.444 e. The Morgan fingerprint density at radius 1 is 1.03 bits per heavy atom. The number of carbonyl (C=O) groups excluding carboxylic acids is 2. The highest BCUT2D eigenvalue weighted by Crippen LogP contribution is 2.38. The van der Waals surface area contributed by atoms with Crippen molar-refractivity contribution in [3.05, 3.63) is 35.9 Å². The van der Waals surface area contributed by atoms with Gasteiger partial charge in [-0.2, -0.15) is 0 Å². The number of aryl methyl sites for hydroxylation is 1. The molecule has 2 atom stereocenters. The zero-order chi connectivity index (χ0) is 25.6. The van der Waals surface area contributed by atoms with Crippen LogP contribution in [-0.2, 0) is 30.0 Å². The van der Waals surface area contributed by atoms with E-state index in [1.54, 1.807) is 20.8 Å². The quantitative estimate of drug-likeness (QED) is 0.501. The Hall–Kier alpha value is -2.10. The third-order valence-corrected chi connectivity index (χ3v) is 6.09. The molecular weight excluding hydrogens is 435 g/mol. The van der Waals surface area contributed by atoms with Crippen LogP contribution < -0.4 is 10.6 Å². The molecule has 1 saturated heterocycles. The summed E-state index contributed by atoms with van der Waals surface area (Å²) in [7, 11) is 0.859. The van der Waals surface area contributed by atoms with E-state index in [-0.39, 0.29) is 12.5 Å². The topological polar surface area (TPSA) is 95.1 Å². The van der Waals surface area contributed by atoms with Crippen molar-refractivity contribution in [2.75, 3.05) is 13.7 Å². The maximum atomic E-state index is 13.2. The molecule has 0 radical (unpaired) electrons. The molecule has 2 N–H and O–H groups in total. The molecule has 0 spiro atoms. The van der Waals surface area contributed by atoms with Crippen molar-refractivity contribution in [2.24, 2.45) is 0 Å². The number of methoxy groups -OCH3 is 1. The van der Waals surface area contributed by atoms with E-state index in [0.717, 1.165) is 12.8 Å². The van der Waals surface area contributed by atoms with Crippen LogP contribution in [-0.4, -0.2) is 61.6 Å². The van der Waals surface area contributed by atoms with Gasteiger partial charge in [-0.15, -0.1) is 0 Å². The summed E-state index contributed by atoms with van der Waals surface area (Å²) in [5.74, 6) is -0.788. The number of amides is 2. The highest BCUT2D eigenvalue weighted by Gasteiger charge is 2.54. The SMILES string of the molecule is COCC(NC(=O)OC(C)(C)C)C(=O)NC(CCCc1ccccc1)B1OC(C)(C)C(C)(C)O1. The normalized spacial score (nSPS) is 18.8. The van der Waals surface area contributed by atoms with Crippen molar-refractivity contribution in [1.29, 1.82) is 0 Å². The van der Waals surface area contributed by atoms with Gasteiger partial charge >= 0.3 is 13.2 Å². The van der Waals surface area contributed by atoms with E-state index in [9.17, 15) is 9.59 Å². The van der Waals surface area contributed by atoms with Crippen LogP contribution in [0.5, 0.6) is 0 Å². The largest absolute Gasteiger partial charge is 0.481 e. The molecular formula is C25H41BN2O6. The first-order valence-corrected chi connectivity index (χ1v) is 11.9. The van der Waals surface area contributed by atoms with Gasteiger partial charge in [0.05, 0.1) is 23.8 Å². The first kappa shape index (κ1) is 28.1. The van der Waals surface area contributed by atoms with Crippen molar-refractivity contribution in [1.82, 2.24) is 10.6 Å². The highest BCUT2D eigenvalue weighted by atomic mass is 16.7. The van der Waals surface area contributed by atoms with E-state index in [4.69, 9.17) is 18.8 Å². The molecule has 34 heavy (non-hydrogen) atoms. The van der Waals surface area contributed by atoms with Gasteiger partial charge in [-0.1, -0.05) is 30.3 Å². The van der Waals surface area contributed by atoms with E-state index in [1.807, 2.05) is 45.9 Å². The fourth-order valence-electron chi connectivity index (χ4n) is 3.58. The van der Waals surface area contributed by atoms with Crippen molar-refractivity contribution in [3.63, 3.8) is 0 Å². The molecule has 1 aliphatic rings. The summed E-state index contributed by atoms with van der Waals surface area (Å²) in [6, 6.07) is 9.27.